The molecule has 7 nitrogen and oxygen atoms in total. The van der Waals surface area contributed by atoms with Gasteiger partial charge in [-0.25, -0.2) is 4.98 Å². The van der Waals surface area contributed by atoms with E-state index in [0.29, 0.717) is 17.2 Å². The molecule has 0 bridgehead atoms. The van der Waals surface area contributed by atoms with Crippen LogP contribution in [0.1, 0.15) is 40.5 Å². The summed E-state index contributed by atoms with van der Waals surface area (Å²) < 4.78 is 1.75. The van der Waals surface area contributed by atoms with Gasteiger partial charge in [0.05, 0.1) is 34.0 Å². The van der Waals surface area contributed by atoms with Crippen LogP contribution in [0.15, 0.2) is 30.5 Å². The number of rotatable bonds is 3. The Morgan fingerprint density at radius 3 is 3.00 bits per heavy atom. The first-order chi connectivity index (χ1) is 12.6. The molecule has 0 saturated heterocycles. The zero-order valence-electron chi connectivity index (χ0n) is 14.6. The van der Waals surface area contributed by atoms with E-state index in [2.05, 4.69) is 20.6 Å². The monoisotopic (exact) mass is 346 g/mol. The fraction of sp³-hybridized carbons (Fsp3) is 0.263. The predicted molar refractivity (Wildman–Crippen MR) is 99.3 cm³/mol. The van der Waals surface area contributed by atoms with Gasteiger partial charge in [-0.2, -0.15) is 10.2 Å². The number of aromatic nitrogens is 5. The molecule has 26 heavy (non-hydrogen) atoms. The molecule has 0 atom stereocenters. The van der Waals surface area contributed by atoms with E-state index in [0.717, 1.165) is 46.2 Å². The van der Waals surface area contributed by atoms with Crippen molar-refractivity contribution in [1.29, 1.82) is 0 Å². The van der Waals surface area contributed by atoms with Crippen molar-refractivity contribution in [2.45, 2.75) is 25.7 Å². The quantitative estimate of drug-likeness (QED) is 0.596. The van der Waals surface area contributed by atoms with Crippen molar-refractivity contribution in [1.82, 2.24) is 25.0 Å². The lowest BCUT2D eigenvalue weighted by Crippen LogP contribution is -2.14. The van der Waals surface area contributed by atoms with Crippen LogP contribution in [0.4, 0.5) is 5.69 Å². The van der Waals surface area contributed by atoms with Crippen molar-refractivity contribution >= 4 is 33.5 Å². The number of nitrogens with zero attached hydrogens (tertiary/aromatic N) is 4. The van der Waals surface area contributed by atoms with Crippen LogP contribution in [0.3, 0.4) is 0 Å². The summed E-state index contributed by atoms with van der Waals surface area (Å²) in [6, 6.07) is 7.65. The molecule has 2 N–H and O–H groups in total. The van der Waals surface area contributed by atoms with Crippen LogP contribution in [0, 0.1) is 6.92 Å². The van der Waals surface area contributed by atoms with Gasteiger partial charge in [-0.1, -0.05) is 12.1 Å². The van der Waals surface area contributed by atoms with Gasteiger partial charge in [-0.15, -0.1) is 0 Å². The lowest BCUT2D eigenvalue weighted by atomic mass is 10.1. The molecule has 130 valence electrons. The number of benzene rings is 1. The van der Waals surface area contributed by atoms with Crippen LogP contribution in [0.5, 0.6) is 0 Å². The topological polar surface area (TPSA) is 88.5 Å². The number of carbonyl (C=O) groups excluding carboxylic acids is 1. The highest BCUT2D eigenvalue weighted by Crippen LogP contribution is 2.40. The number of fused-ring (bicyclic) bond motifs is 2. The Labute approximate surface area is 149 Å². The zero-order chi connectivity index (χ0) is 17.8. The third-order valence-electron chi connectivity index (χ3n) is 4.95. The van der Waals surface area contributed by atoms with Gasteiger partial charge < -0.3 is 5.32 Å². The molecular formula is C19H18N6O. The maximum absolute atomic E-state index is 13.1. The molecular weight excluding hydrogens is 328 g/mol. The van der Waals surface area contributed by atoms with Crippen molar-refractivity contribution in [3.8, 4) is 0 Å². The molecule has 5 rings (SSSR count). The van der Waals surface area contributed by atoms with Gasteiger partial charge in [-0.3, -0.25) is 14.6 Å². The smallest absolute Gasteiger partial charge is 0.256 e. The molecule has 1 aliphatic carbocycles. The highest BCUT2D eigenvalue weighted by atomic mass is 16.1. The van der Waals surface area contributed by atoms with Crippen molar-refractivity contribution in [3.63, 3.8) is 0 Å². The molecule has 1 aromatic carbocycles. The van der Waals surface area contributed by atoms with Gasteiger partial charge in [-0.05, 0) is 31.9 Å². The second kappa shape index (κ2) is 5.39. The minimum Gasteiger partial charge on any atom is -0.320 e. The standard InChI is InChI=1S/C19H18N6O/c1-10-16-13(8-15(11-6-7-11)21-18(16)25(2)24-10)19(26)22-14-5-3-4-12-9-20-23-17(12)14/h3-5,8-9,11H,6-7H2,1-2H3,(H,20,23)(H,22,26). The van der Waals surface area contributed by atoms with Crippen LogP contribution in [0.25, 0.3) is 21.9 Å². The molecule has 0 spiro atoms. The SMILES string of the molecule is Cc1nn(C)c2nc(C3CC3)cc(C(=O)Nc3cccc4cn[nH]c34)c12. The van der Waals surface area contributed by atoms with Gasteiger partial charge in [0, 0.05) is 24.0 Å². The first-order valence-electron chi connectivity index (χ1n) is 8.69. The number of hydrogen-bond acceptors (Lipinski definition) is 4. The summed E-state index contributed by atoms with van der Waals surface area (Å²) in [6.07, 6.45) is 4.00. The zero-order valence-corrected chi connectivity index (χ0v) is 14.6. The minimum atomic E-state index is -0.155. The van der Waals surface area contributed by atoms with E-state index in [-0.39, 0.29) is 5.91 Å². The number of aromatic amines is 1. The fourth-order valence-electron chi connectivity index (χ4n) is 3.49. The number of hydrogen-bond donors (Lipinski definition) is 2. The molecule has 3 aromatic heterocycles. The van der Waals surface area contributed by atoms with Crippen LogP contribution < -0.4 is 5.32 Å². The summed E-state index contributed by atoms with van der Waals surface area (Å²) in [6.45, 7) is 1.91. The Hall–Kier alpha value is -3.22. The number of H-pyrrole nitrogens is 1. The highest BCUT2D eigenvalue weighted by molar-refractivity contribution is 6.14. The number of aryl methyl sites for hydroxylation is 2. The largest absolute Gasteiger partial charge is 0.320 e. The van der Waals surface area contributed by atoms with Gasteiger partial charge in [0.15, 0.2) is 5.65 Å². The Morgan fingerprint density at radius 1 is 1.35 bits per heavy atom. The lowest BCUT2D eigenvalue weighted by molar-refractivity contribution is 0.102. The number of anilines is 1. The van der Waals surface area contributed by atoms with E-state index >= 15 is 0 Å². The molecule has 0 aliphatic heterocycles. The molecule has 7 heteroatoms. The van der Waals surface area contributed by atoms with E-state index in [4.69, 9.17) is 4.98 Å². The summed E-state index contributed by atoms with van der Waals surface area (Å²) >= 11 is 0. The minimum absolute atomic E-state index is 0.155. The first-order valence-corrected chi connectivity index (χ1v) is 8.69. The van der Waals surface area contributed by atoms with Gasteiger partial charge in [0.2, 0.25) is 0 Å². The lowest BCUT2D eigenvalue weighted by Gasteiger charge is -2.09. The second-order valence-electron chi connectivity index (χ2n) is 6.87. The number of nitrogens with one attached hydrogen (secondary N) is 2. The molecule has 3 heterocycles. The average Bonchev–Trinajstić information content (AvgIpc) is 3.30. The summed E-state index contributed by atoms with van der Waals surface area (Å²) in [5.41, 5.74) is 4.70. The van der Waals surface area contributed by atoms with Crippen molar-refractivity contribution in [2.75, 3.05) is 5.32 Å². The van der Waals surface area contributed by atoms with Gasteiger partial charge in [0.1, 0.15) is 0 Å². The Balaban J connectivity index is 1.63. The molecule has 1 aliphatic rings. The molecule has 1 amide bonds. The average molecular weight is 346 g/mol. The van der Waals surface area contributed by atoms with E-state index in [1.54, 1.807) is 10.9 Å². The first kappa shape index (κ1) is 15.1. The molecule has 0 radical (unpaired) electrons. The maximum Gasteiger partial charge on any atom is 0.256 e. The van der Waals surface area contributed by atoms with E-state index in [1.165, 1.54) is 0 Å². The Bertz CT molecular complexity index is 1170. The van der Waals surface area contributed by atoms with Crippen molar-refractivity contribution < 1.29 is 4.79 Å². The third kappa shape index (κ3) is 2.28. The number of carbonyl (C=O) groups is 1. The summed E-state index contributed by atoms with van der Waals surface area (Å²) in [5.74, 6) is 0.301. The van der Waals surface area contributed by atoms with Crippen LogP contribution in [-0.4, -0.2) is 30.9 Å². The predicted octanol–water partition coefficient (Wildman–Crippen LogP) is 3.28. The maximum atomic E-state index is 13.1. The van der Waals surface area contributed by atoms with Crippen molar-refractivity contribution in [2.24, 2.45) is 7.05 Å². The summed E-state index contributed by atoms with van der Waals surface area (Å²) in [7, 11) is 1.87. The van der Waals surface area contributed by atoms with Gasteiger partial charge in [0.25, 0.3) is 5.91 Å². The number of pyridine rings is 1. The highest BCUT2D eigenvalue weighted by Gasteiger charge is 2.28. The number of para-hydroxylation sites is 1. The fourth-order valence-corrected chi connectivity index (χ4v) is 3.49. The summed E-state index contributed by atoms with van der Waals surface area (Å²) in [4.78, 5) is 17.9. The van der Waals surface area contributed by atoms with Crippen molar-refractivity contribution in [3.05, 3.63) is 47.4 Å². The Kier molecular flexibility index (Phi) is 3.12. The molecule has 1 saturated carbocycles. The van der Waals surface area contributed by atoms with E-state index in [9.17, 15) is 4.79 Å². The van der Waals surface area contributed by atoms with Crippen LogP contribution in [-0.2, 0) is 7.05 Å². The van der Waals surface area contributed by atoms with E-state index < -0.39 is 0 Å². The molecule has 1 fully saturated rings. The number of amides is 1. The summed E-state index contributed by atoms with van der Waals surface area (Å²) in [5, 5.41) is 16.3. The molecule has 4 aromatic rings. The van der Waals surface area contributed by atoms with Gasteiger partial charge >= 0.3 is 0 Å². The third-order valence-corrected chi connectivity index (χ3v) is 4.95. The Morgan fingerprint density at radius 2 is 2.19 bits per heavy atom. The molecule has 0 unspecified atom stereocenters. The second-order valence-corrected chi connectivity index (χ2v) is 6.87. The van der Waals surface area contributed by atoms with Crippen LogP contribution >= 0.6 is 0 Å². The van der Waals surface area contributed by atoms with Crippen LogP contribution in [0.2, 0.25) is 0 Å². The normalized spacial score (nSPS) is 14.2. The van der Waals surface area contributed by atoms with E-state index in [1.807, 2.05) is 38.2 Å².